The molecule has 0 radical (unpaired) electrons. The molecule has 5 rings (SSSR count). The van der Waals surface area contributed by atoms with E-state index in [0.29, 0.717) is 49.6 Å². The molecular formula is C25H25ClFN5O3. The number of fused-ring (bicyclic) bond motifs is 1. The molecule has 3 heterocycles. The van der Waals surface area contributed by atoms with Crippen molar-refractivity contribution in [1.82, 2.24) is 19.9 Å². The van der Waals surface area contributed by atoms with Gasteiger partial charge in [-0.25, -0.2) is 9.07 Å². The lowest BCUT2D eigenvalue weighted by atomic mass is 9.95. The van der Waals surface area contributed by atoms with Gasteiger partial charge in [-0.3, -0.25) is 9.59 Å². The van der Waals surface area contributed by atoms with Crippen LogP contribution >= 0.6 is 11.6 Å². The molecule has 0 spiro atoms. The van der Waals surface area contributed by atoms with Gasteiger partial charge in [-0.15, -0.1) is 5.10 Å². The molecule has 3 aromatic rings. The van der Waals surface area contributed by atoms with Crippen LogP contribution in [0.1, 0.15) is 46.3 Å². The summed E-state index contributed by atoms with van der Waals surface area (Å²) in [7, 11) is 0. The average molecular weight is 498 g/mol. The first-order chi connectivity index (χ1) is 16.9. The van der Waals surface area contributed by atoms with Gasteiger partial charge in [0, 0.05) is 24.7 Å². The molecule has 1 fully saturated rings. The van der Waals surface area contributed by atoms with E-state index in [4.69, 9.17) is 16.3 Å². The maximum Gasteiger partial charge on any atom is 0.276 e. The number of ether oxygens (including phenoxy) is 1. The number of benzene rings is 2. The lowest BCUT2D eigenvalue weighted by molar-refractivity contribution is -0.121. The molecule has 2 aliphatic rings. The Bertz CT molecular complexity index is 1250. The van der Waals surface area contributed by atoms with E-state index in [2.05, 4.69) is 15.6 Å². The van der Waals surface area contributed by atoms with Crippen molar-refractivity contribution >= 4 is 29.1 Å². The summed E-state index contributed by atoms with van der Waals surface area (Å²) in [6, 6.07) is 12.2. The number of hydrogen-bond acceptors (Lipinski definition) is 5. The molecule has 1 saturated heterocycles. The van der Waals surface area contributed by atoms with Crippen molar-refractivity contribution < 1.29 is 18.7 Å². The minimum Gasteiger partial charge on any atom is -0.365 e. The van der Waals surface area contributed by atoms with Crippen molar-refractivity contribution in [3.05, 3.63) is 75.8 Å². The highest BCUT2D eigenvalue weighted by Gasteiger charge is 2.33. The summed E-state index contributed by atoms with van der Waals surface area (Å²) in [6.07, 6.45) is 0.891. The number of anilines is 1. The fourth-order valence-electron chi connectivity index (χ4n) is 4.47. The number of carbonyl (C=O) groups excluding carboxylic acids is 2. The number of carbonyl (C=O) groups is 2. The second-order valence-corrected chi connectivity index (χ2v) is 9.37. The molecule has 2 amide bonds. The van der Waals surface area contributed by atoms with Gasteiger partial charge < -0.3 is 15.0 Å². The van der Waals surface area contributed by atoms with Gasteiger partial charge in [0.2, 0.25) is 5.91 Å². The molecule has 10 heteroatoms. The van der Waals surface area contributed by atoms with E-state index in [1.165, 1.54) is 23.8 Å². The second-order valence-electron chi connectivity index (χ2n) is 8.96. The van der Waals surface area contributed by atoms with Gasteiger partial charge in [0.15, 0.2) is 5.69 Å². The molecule has 0 aliphatic carbocycles. The predicted octanol–water partition coefficient (Wildman–Crippen LogP) is 4.14. The van der Waals surface area contributed by atoms with Crippen LogP contribution in [-0.2, 0) is 22.7 Å². The first-order valence-electron chi connectivity index (χ1n) is 11.5. The van der Waals surface area contributed by atoms with E-state index in [-0.39, 0.29) is 35.5 Å². The summed E-state index contributed by atoms with van der Waals surface area (Å²) in [4.78, 5) is 27.5. The maximum atomic E-state index is 13.3. The molecule has 1 atom stereocenters. The molecule has 1 unspecified atom stereocenters. The van der Waals surface area contributed by atoms with Gasteiger partial charge in [0.25, 0.3) is 5.91 Å². The Kier molecular flexibility index (Phi) is 6.53. The molecule has 1 N–H and O–H groups in total. The van der Waals surface area contributed by atoms with Crippen LogP contribution in [0.15, 0.2) is 42.5 Å². The fraction of sp³-hybridized carbons (Fsp3) is 0.360. The van der Waals surface area contributed by atoms with Crippen LogP contribution in [0, 0.1) is 18.7 Å². The molecule has 0 bridgehead atoms. The lowest BCUT2D eigenvalue weighted by Gasteiger charge is -2.31. The quantitative estimate of drug-likeness (QED) is 0.585. The van der Waals surface area contributed by atoms with Crippen molar-refractivity contribution in [1.29, 1.82) is 0 Å². The van der Waals surface area contributed by atoms with Crippen molar-refractivity contribution in [2.24, 2.45) is 5.92 Å². The predicted molar refractivity (Wildman–Crippen MR) is 127 cm³/mol. The third-order valence-corrected chi connectivity index (χ3v) is 6.88. The standard InChI is InChI=1S/C25H25ClFN5O3/c1-15-2-4-16(5-3-15)22-13-32-21(14-35-22)23(29-30-32)25(34)31-10-8-17(9-11-31)24(33)28-18-6-7-20(27)19(26)12-18/h2-7,12,17,22H,8-11,13-14H2,1H3,(H,28,33). The summed E-state index contributed by atoms with van der Waals surface area (Å²) in [5.74, 6) is -1.16. The highest BCUT2D eigenvalue weighted by Crippen LogP contribution is 2.28. The van der Waals surface area contributed by atoms with Crippen LogP contribution < -0.4 is 5.32 Å². The van der Waals surface area contributed by atoms with E-state index in [0.717, 1.165) is 5.56 Å². The van der Waals surface area contributed by atoms with Crippen LogP contribution in [0.5, 0.6) is 0 Å². The van der Waals surface area contributed by atoms with E-state index in [1.807, 2.05) is 31.2 Å². The van der Waals surface area contributed by atoms with E-state index in [9.17, 15) is 14.0 Å². The van der Waals surface area contributed by atoms with Crippen molar-refractivity contribution in [3.8, 4) is 0 Å². The third-order valence-electron chi connectivity index (χ3n) is 6.59. The molecule has 0 saturated carbocycles. The number of rotatable bonds is 4. The van der Waals surface area contributed by atoms with Gasteiger partial charge in [-0.2, -0.15) is 0 Å². The number of halogens is 2. The van der Waals surface area contributed by atoms with E-state index >= 15 is 0 Å². The largest absolute Gasteiger partial charge is 0.365 e. The summed E-state index contributed by atoms with van der Waals surface area (Å²) >= 11 is 5.79. The van der Waals surface area contributed by atoms with Crippen LogP contribution in [-0.4, -0.2) is 44.8 Å². The summed E-state index contributed by atoms with van der Waals surface area (Å²) < 4.78 is 21.1. The molecule has 35 heavy (non-hydrogen) atoms. The highest BCUT2D eigenvalue weighted by molar-refractivity contribution is 6.31. The third kappa shape index (κ3) is 4.92. The Morgan fingerprint density at radius 3 is 2.60 bits per heavy atom. The Morgan fingerprint density at radius 2 is 1.89 bits per heavy atom. The first kappa shape index (κ1) is 23.4. The number of amides is 2. The molecule has 182 valence electrons. The summed E-state index contributed by atoms with van der Waals surface area (Å²) in [5.41, 5.74) is 3.66. The zero-order chi connectivity index (χ0) is 24.5. The fourth-order valence-corrected chi connectivity index (χ4v) is 4.65. The zero-order valence-corrected chi connectivity index (χ0v) is 20.0. The van der Waals surface area contributed by atoms with Crippen molar-refractivity contribution in [2.45, 2.75) is 39.0 Å². The Balaban J connectivity index is 1.18. The van der Waals surface area contributed by atoms with Crippen LogP contribution in [0.4, 0.5) is 10.1 Å². The molecule has 8 nitrogen and oxygen atoms in total. The SMILES string of the molecule is Cc1ccc(C2Cn3nnc(C(=O)N4CCC(C(=O)Nc5ccc(F)c(Cl)c5)CC4)c3CO2)cc1. The van der Waals surface area contributed by atoms with Gasteiger partial charge >= 0.3 is 0 Å². The summed E-state index contributed by atoms with van der Waals surface area (Å²) in [6.45, 7) is 3.65. The monoisotopic (exact) mass is 497 g/mol. The minimum absolute atomic E-state index is 0.0469. The van der Waals surface area contributed by atoms with Gasteiger partial charge in [0.1, 0.15) is 11.9 Å². The molecular weight excluding hydrogens is 473 g/mol. The van der Waals surface area contributed by atoms with Gasteiger partial charge in [-0.05, 0) is 43.5 Å². The number of aromatic nitrogens is 3. The molecule has 1 aromatic heterocycles. The number of nitrogens with one attached hydrogen (secondary N) is 1. The number of piperidine rings is 1. The normalized spacial score (nSPS) is 18.3. The van der Waals surface area contributed by atoms with Crippen molar-refractivity contribution in [3.63, 3.8) is 0 Å². The zero-order valence-electron chi connectivity index (χ0n) is 19.2. The maximum absolute atomic E-state index is 13.3. The Labute approximate surface area is 207 Å². The lowest BCUT2D eigenvalue weighted by Crippen LogP contribution is -2.42. The number of aryl methyl sites for hydroxylation is 1. The second kappa shape index (κ2) is 9.75. The van der Waals surface area contributed by atoms with Gasteiger partial charge in [0.05, 0.1) is 23.9 Å². The van der Waals surface area contributed by atoms with Crippen LogP contribution in [0.2, 0.25) is 5.02 Å². The number of nitrogens with zero attached hydrogens (tertiary/aromatic N) is 4. The molecule has 2 aliphatic heterocycles. The Hall–Kier alpha value is -3.30. The van der Waals surface area contributed by atoms with Crippen molar-refractivity contribution in [2.75, 3.05) is 18.4 Å². The smallest absolute Gasteiger partial charge is 0.276 e. The van der Waals surface area contributed by atoms with Crippen LogP contribution in [0.25, 0.3) is 0 Å². The first-order valence-corrected chi connectivity index (χ1v) is 11.9. The topological polar surface area (TPSA) is 89.4 Å². The number of hydrogen-bond donors (Lipinski definition) is 1. The van der Waals surface area contributed by atoms with E-state index in [1.54, 1.807) is 9.58 Å². The summed E-state index contributed by atoms with van der Waals surface area (Å²) in [5, 5.41) is 11.1. The average Bonchev–Trinajstić information content (AvgIpc) is 3.29. The molecule has 2 aromatic carbocycles. The Morgan fingerprint density at radius 1 is 1.14 bits per heavy atom. The highest BCUT2D eigenvalue weighted by atomic mass is 35.5. The van der Waals surface area contributed by atoms with Gasteiger partial charge in [-0.1, -0.05) is 46.6 Å². The van der Waals surface area contributed by atoms with E-state index < -0.39 is 5.82 Å². The van der Waals surface area contributed by atoms with Crippen LogP contribution in [0.3, 0.4) is 0 Å². The minimum atomic E-state index is -0.538. The number of likely N-dealkylation sites (tertiary alicyclic amines) is 1.